The first kappa shape index (κ1) is 30.0. The molecule has 0 aliphatic carbocycles. The van der Waals surface area contributed by atoms with Crippen LogP contribution < -0.4 is 11.0 Å². The number of carbonyl (C=O) groups excluding carboxylic acids is 2. The minimum Gasteiger partial charge on any atom is -0.284 e. The SMILES string of the molecule is CCCCCSCC(=O)NOP(=O)(OCCc1ccccc1)ONC(=O)CSCCCCC. The first-order valence-electron chi connectivity index (χ1n) is 11.4. The Hall–Kier alpha value is -1.03. The number of carbonyl (C=O) groups is 2. The van der Waals surface area contributed by atoms with Crippen LogP contribution in [0, 0.1) is 0 Å². The molecule has 0 radical (unpaired) electrons. The van der Waals surface area contributed by atoms with Gasteiger partial charge in [0.15, 0.2) is 0 Å². The number of hydroxylamine groups is 2. The highest BCUT2D eigenvalue weighted by atomic mass is 32.2. The van der Waals surface area contributed by atoms with Crippen LogP contribution >= 0.6 is 31.3 Å². The smallest absolute Gasteiger partial charge is 0.284 e. The summed E-state index contributed by atoms with van der Waals surface area (Å²) in [6.45, 7) is 4.25. The Morgan fingerprint density at radius 1 is 0.848 bits per heavy atom. The number of rotatable bonds is 20. The Morgan fingerprint density at radius 2 is 1.36 bits per heavy atom. The largest absolute Gasteiger partial charge is 0.517 e. The quantitative estimate of drug-likeness (QED) is 0.136. The van der Waals surface area contributed by atoms with Gasteiger partial charge >= 0.3 is 7.82 Å². The fourth-order valence-corrected chi connectivity index (χ4v) is 4.98. The molecule has 0 spiro atoms. The molecule has 0 unspecified atom stereocenters. The average molecular weight is 521 g/mol. The number of nitrogens with one attached hydrogen (secondary N) is 2. The topological polar surface area (TPSA) is 103 Å². The van der Waals surface area contributed by atoms with Crippen molar-refractivity contribution < 1.29 is 27.9 Å². The fraction of sp³-hybridized carbons (Fsp3) is 0.636. The third-order valence-corrected chi connectivity index (χ3v) is 7.49. The molecule has 0 fully saturated rings. The van der Waals surface area contributed by atoms with Gasteiger partial charge < -0.3 is 0 Å². The number of phosphoric acid groups is 1. The van der Waals surface area contributed by atoms with E-state index in [1.807, 2.05) is 30.3 Å². The predicted molar refractivity (Wildman–Crippen MR) is 136 cm³/mol. The summed E-state index contributed by atoms with van der Waals surface area (Å²) in [5.74, 6) is 1.13. The zero-order valence-electron chi connectivity index (χ0n) is 19.6. The molecule has 0 atom stereocenters. The van der Waals surface area contributed by atoms with Crippen LogP contribution in [0.15, 0.2) is 30.3 Å². The van der Waals surface area contributed by atoms with Gasteiger partial charge in [0, 0.05) is 0 Å². The van der Waals surface area contributed by atoms with Gasteiger partial charge in [0.05, 0.1) is 18.1 Å². The second kappa shape index (κ2) is 19.3. The van der Waals surface area contributed by atoms with Crippen LogP contribution in [-0.4, -0.2) is 41.4 Å². The number of amides is 2. The van der Waals surface area contributed by atoms with E-state index in [1.54, 1.807) is 0 Å². The van der Waals surface area contributed by atoms with Gasteiger partial charge in [-0.05, 0) is 36.3 Å². The van der Waals surface area contributed by atoms with Crippen molar-refractivity contribution in [1.82, 2.24) is 11.0 Å². The molecule has 11 heteroatoms. The minimum atomic E-state index is -4.25. The van der Waals surface area contributed by atoms with Crippen LogP contribution in [-0.2, 0) is 34.3 Å². The molecule has 0 heterocycles. The van der Waals surface area contributed by atoms with Gasteiger partial charge in [-0.1, -0.05) is 69.9 Å². The van der Waals surface area contributed by atoms with E-state index in [1.165, 1.54) is 23.5 Å². The average Bonchev–Trinajstić information content (AvgIpc) is 2.82. The van der Waals surface area contributed by atoms with Crippen LogP contribution in [0.5, 0.6) is 0 Å². The molecule has 0 saturated heterocycles. The van der Waals surface area contributed by atoms with E-state index in [4.69, 9.17) is 13.8 Å². The summed E-state index contributed by atoms with van der Waals surface area (Å²) in [7, 11) is -4.25. The van der Waals surface area contributed by atoms with Crippen molar-refractivity contribution in [3.8, 4) is 0 Å². The number of hydrogen-bond acceptors (Lipinski definition) is 8. The van der Waals surface area contributed by atoms with E-state index in [-0.39, 0.29) is 18.1 Å². The van der Waals surface area contributed by atoms with Crippen molar-refractivity contribution >= 4 is 43.2 Å². The van der Waals surface area contributed by atoms with Gasteiger partial charge in [0.2, 0.25) is 0 Å². The molecule has 33 heavy (non-hydrogen) atoms. The zero-order chi connectivity index (χ0) is 24.2. The predicted octanol–water partition coefficient (Wildman–Crippen LogP) is 5.30. The molecular formula is C22H37N2O6PS2. The van der Waals surface area contributed by atoms with Gasteiger partial charge in [-0.3, -0.25) is 14.1 Å². The Labute approximate surface area is 206 Å². The summed E-state index contributed by atoms with van der Waals surface area (Å²) in [5, 5.41) is 0. The van der Waals surface area contributed by atoms with Crippen LogP contribution in [0.2, 0.25) is 0 Å². The van der Waals surface area contributed by atoms with Crippen molar-refractivity contribution in [1.29, 1.82) is 0 Å². The first-order chi connectivity index (χ1) is 16.0. The van der Waals surface area contributed by atoms with Crippen LogP contribution in [0.4, 0.5) is 0 Å². The number of benzene rings is 1. The molecule has 2 amide bonds. The first-order valence-corrected chi connectivity index (χ1v) is 15.1. The summed E-state index contributed by atoms with van der Waals surface area (Å²) in [4.78, 5) is 24.0. The maximum absolute atomic E-state index is 12.9. The van der Waals surface area contributed by atoms with E-state index < -0.39 is 19.6 Å². The van der Waals surface area contributed by atoms with Crippen molar-refractivity contribution in [2.45, 2.75) is 58.8 Å². The molecule has 0 saturated carbocycles. The summed E-state index contributed by atoms with van der Waals surface area (Å²) in [6.07, 6.45) is 6.96. The van der Waals surface area contributed by atoms with Gasteiger partial charge in [-0.25, -0.2) is 15.5 Å². The number of thioether (sulfide) groups is 2. The second-order valence-electron chi connectivity index (χ2n) is 7.27. The van der Waals surface area contributed by atoms with E-state index in [0.29, 0.717) is 6.42 Å². The number of unbranched alkanes of at least 4 members (excludes halogenated alkanes) is 4. The van der Waals surface area contributed by atoms with Crippen LogP contribution in [0.3, 0.4) is 0 Å². The molecule has 0 bridgehead atoms. The monoisotopic (exact) mass is 520 g/mol. The van der Waals surface area contributed by atoms with Crippen LogP contribution in [0.25, 0.3) is 0 Å². The van der Waals surface area contributed by atoms with E-state index >= 15 is 0 Å². The fourth-order valence-electron chi connectivity index (χ4n) is 2.50. The van der Waals surface area contributed by atoms with Crippen molar-refractivity contribution in [3.63, 3.8) is 0 Å². The summed E-state index contributed by atoms with van der Waals surface area (Å²) in [5.41, 5.74) is 5.22. The number of hydrogen-bond donors (Lipinski definition) is 2. The molecule has 1 aromatic rings. The van der Waals surface area contributed by atoms with Gasteiger partial charge in [0.25, 0.3) is 11.8 Å². The lowest BCUT2D eigenvalue weighted by Gasteiger charge is -2.17. The highest BCUT2D eigenvalue weighted by molar-refractivity contribution is 8.00. The molecule has 1 rings (SSSR count). The minimum absolute atomic E-state index is 0.0184. The lowest BCUT2D eigenvalue weighted by Crippen LogP contribution is -2.29. The normalized spacial score (nSPS) is 11.3. The molecular weight excluding hydrogens is 483 g/mol. The van der Waals surface area contributed by atoms with Crippen molar-refractivity contribution in [2.75, 3.05) is 29.6 Å². The molecule has 0 aliphatic heterocycles. The Bertz CT molecular complexity index is 677. The zero-order valence-corrected chi connectivity index (χ0v) is 22.1. The van der Waals surface area contributed by atoms with E-state index in [0.717, 1.165) is 55.6 Å². The van der Waals surface area contributed by atoms with E-state index in [2.05, 4.69) is 24.8 Å². The second-order valence-corrected chi connectivity index (χ2v) is 11.0. The Kier molecular flexibility index (Phi) is 17.5. The molecule has 8 nitrogen and oxygen atoms in total. The molecule has 1 aromatic carbocycles. The lowest BCUT2D eigenvalue weighted by atomic mass is 10.2. The summed E-state index contributed by atoms with van der Waals surface area (Å²) >= 11 is 2.93. The Morgan fingerprint density at radius 3 is 1.85 bits per heavy atom. The van der Waals surface area contributed by atoms with Crippen LogP contribution in [0.1, 0.15) is 57.9 Å². The van der Waals surface area contributed by atoms with Gasteiger partial charge in [0.1, 0.15) is 0 Å². The third kappa shape index (κ3) is 16.3. The maximum atomic E-state index is 12.9. The third-order valence-electron chi connectivity index (χ3n) is 4.28. The molecule has 0 aliphatic rings. The molecule has 188 valence electrons. The highest BCUT2D eigenvalue weighted by Gasteiger charge is 2.30. The van der Waals surface area contributed by atoms with Gasteiger partial charge in [-0.15, -0.1) is 0 Å². The van der Waals surface area contributed by atoms with E-state index in [9.17, 15) is 14.2 Å². The lowest BCUT2D eigenvalue weighted by molar-refractivity contribution is -0.129. The Balaban J connectivity index is 2.48. The molecule has 0 aromatic heterocycles. The highest BCUT2D eigenvalue weighted by Crippen LogP contribution is 2.47. The maximum Gasteiger partial charge on any atom is 0.517 e. The summed E-state index contributed by atoms with van der Waals surface area (Å²) < 4.78 is 28.2. The summed E-state index contributed by atoms with van der Waals surface area (Å²) in [6, 6.07) is 9.49. The van der Waals surface area contributed by atoms with Crippen molar-refractivity contribution in [2.24, 2.45) is 0 Å². The van der Waals surface area contributed by atoms with Crippen molar-refractivity contribution in [3.05, 3.63) is 35.9 Å². The molecule has 2 N–H and O–H groups in total. The standard InChI is InChI=1S/C22H37N2O6PS2/c1-3-5-10-16-32-18-21(25)23-29-31(27,28-15-14-20-12-8-7-9-13-20)30-24-22(26)19-33-17-11-6-4-2/h7-9,12-13H,3-6,10-11,14-19H2,1-2H3,(H,23,25)(H,24,26). The van der Waals surface area contributed by atoms with Gasteiger partial charge in [-0.2, -0.15) is 32.8 Å².